The highest BCUT2D eigenvalue weighted by molar-refractivity contribution is 6.28. The van der Waals surface area contributed by atoms with Crippen molar-refractivity contribution in [3.05, 3.63) is 71.3 Å². The van der Waals surface area contributed by atoms with Gasteiger partial charge in [-0.05, 0) is 35.9 Å². The molecule has 0 radical (unpaired) electrons. The topological polar surface area (TPSA) is 95.9 Å². The second kappa shape index (κ2) is 12.3. The molecule has 0 saturated carbocycles. The molecule has 0 aromatic heterocycles. The van der Waals surface area contributed by atoms with Gasteiger partial charge in [0.2, 0.25) is 0 Å². The van der Waals surface area contributed by atoms with E-state index in [1.807, 2.05) is 54.6 Å². The van der Waals surface area contributed by atoms with Gasteiger partial charge in [-0.1, -0.05) is 29.4 Å². The minimum Gasteiger partial charge on any atom is -0.497 e. The molecule has 0 bridgehead atoms. The summed E-state index contributed by atoms with van der Waals surface area (Å²) in [5, 5.41) is 4.02. The Bertz CT molecular complexity index is 1130. The van der Waals surface area contributed by atoms with Crippen LogP contribution in [0.15, 0.2) is 65.3 Å². The lowest BCUT2D eigenvalue weighted by atomic mass is 9.95. The smallest absolute Gasteiger partial charge is 0.367 e. The summed E-state index contributed by atoms with van der Waals surface area (Å²) in [4.78, 5) is 31.9. The van der Waals surface area contributed by atoms with E-state index in [9.17, 15) is 9.59 Å². The minimum atomic E-state index is -0.479. The van der Waals surface area contributed by atoms with Crippen molar-refractivity contribution in [3.63, 3.8) is 0 Å². The Morgan fingerprint density at radius 2 is 1.86 bits per heavy atom. The number of esters is 1. The van der Waals surface area contributed by atoms with Gasteiger partial charge in [0.25, 0.3) is 0 Å². The third-order valence-electron chi connectivity index (χ3n) is 6.03. The van der Waals surface area contributed by atoms with Gasteiger partial charge < -0.3 is 28.7 Å². The molecule has 2 heterocycles. The Morgan fingerprint density at radius 1 is 1.08 bits per heavy atom. The lowest BCUT2D eigenvalue weighted by molar-refractivity contribution is -0.145. The SMILES string of the molecule is COCCOCCOC(=O)CCN1CC(C=C2C(=O)ON=C2c2ccc(OC)cc2)c2ccccc21. The van der Waals surface area contributed by atoms with E-state index in [4.69, 9.17) is 23.8 Å². The third kappa shape index (κ3) is 6.10. The first-order valence-corrected chi connectivity index (χ1v) is 11.8. The fraction of sp³-hybridized carbons (Fsp3) is 0.370. The number of hydrogen-bond acceptors (Lipinski definition) is 9. The molecule has 9 heteroatoms. The highest BCUT2D eigenvalue weighted by Gasteiger charge is 2.32. The number of ether oxygens (including phenoxy) is 4. The van der Waals surface area contributed by atoms with Gasteiger partial charge in [-0.2, -0.15) is 0 Å². The molecule has 190 valence electrons. The standard InChI is InChI=1S/C27H30N2O7/c1-32-13-14-34-15-16-35-25(30)11-12-29-18-20(22-5-3-4-6-24(22)29)17-23-26(28-36-27(23)31)19-7-9-21(33-2)10-8-19/h3-10,17,20H,11-16,18H2,1-2H3. The summed E-state index contributed by atoms with van der Waals surface area (Å²) in [6, 6.07) is 15.3. The predicted octanol–water partition coefficient (Wildman–Crippen LogP) is 3.08. The number of methoxy groups -OCH3 is 2. The summed E-state index contributed by atoms with van der Waals surface area (Å²) in [5.41, 5.74) is 3.80. The zero-order valence-electron chi connectivity index (χ0n) is 20.5. The van der Waals surface area contributed by atoms with Gasteiger partial charge in [-0.25, -0.2) is 4.79 Å². The number of oxime groups is 1. The van der Waals surface area contributed by atoms with Crippen LogP contribution in [0.3, 0.4) is 0 Å². The quantitative estimate of drug-likeness (QED) is 0.192. The first-order chi connectivity index (χ1) is 17.6. The average molecular weight is 495 g/mol. The summed E-state index contributed by atoms with van der Waals surface area (Å²) >= 11 is 0. The van der Waals surface area contributed by atoms with E-state index >= 15 is 0 Å². The number of benzene rings is 2. The monoisotopic (exact) mass is 494 g/mol. The number of rotatable bonds is 12. The highest BCUT2D eigenvalue weighted by atomic mass is 16.7. The Labute approximate surface area is 210 Å². The highest BCUT2D eigenvalue weighted by Crippen LogP contribution is 2.38. The van der Waals surface area contributed by atoms with Crippen LogP contribution in [0.5, 0.6) is 5.75 Å². The molecule has 0 saturated heterocycles. The number of nitrogens with zero attached hydrogens (tertiary/aromatic N) is 2. The first kappa shape index (κ1) is 25.4. The zero-order chi connectivity index (χ0) is 25.3. The molecule has 2 aliphatic rings. The summed E-state index contributed by atoms with van der Waals surface area (Å²) in [5.74, 6) is -0.103. The van der Waals surface area contributed by atoms with E-state index in [1.165, 1.54) is 0 Å². The van der Waals surface area contributed by atoms with Crippen molar-refractivity contribution in [2.75, 3.05) is 58.6 Å². The van der Waals surface area contributed by atoms with E-state index in [2.05, 4.69) is 10.1 Å². The number of para-hydroxylation sites is 1. The number of hydrogen-bond donors (Lipinski definition) is 0. The first-order valence-electron chi connectivity index (χ1n) is 11.8. The third-order valence-corrected chi connectivity index (χ3v) is 6.03. The van der Waals surface area contributed by atoms with Crippen molar-refractivity contribution in [2.24, 2.45) is 5.16 Å². The van der Waals surface area contributed by atoms with E-state index in [1.54, 1.807) is 14.2 Å². The molecule has 0 N–H and O–H groups in total. The molecular weight excluding hydrogens is 464 g/mol. The molecule has 0 amide bonds. The van der Waals surface area contributed by atoms with Crippen LogP contribution in [0.2, 0.25) is 0 Å². The van der Waals surface area contributed by atoms with Crippen LogP contribution in [-0.4, -0.2) is 71.4 Å². The summed E-state index contributed by atoms with van der Waals surface area (Å²) in [6.07, 6.45) is 2.16. The average Bonchev–Trinajstić information content (AvgIpc) is 3.45. The molecule has 36 heavy (non-hydrogen) atoms. The zero-order valence-corrected chi connectivity index (χ0v) is 20.5. The Morgan fingerprint density at radius 3 is 2.64 bits per heavy atom. The molecule has 4 rings (SSSR count). The van der Waals surface area contributed by atoms with Gasteiger partial charge >= 0.3 is 11.9 Å². The van der Waals surface area contributed by atoms with Gasteiger partial charge in [0.05, 0.1) is 38.9 Å². The molecular formula is C27H30N2O7. The van der Waals surface area contributed by atoms with Crippen LogP contribution in [0.1, 0.15) is 23.5 Å². The fourth-order valence-corrected chi connectivity index (χ4v) is 4.22. The van der Waals surface area contributed by atoms with E-state index in [-0.39, 0.29) is 24.9 Å². The fourth-order valence-electron chi connectivity index (χ4n) is 4.22. The second-order valence-electron chi connectivity index (χ2n) is 8.31. The van der Waals surface area contributed by atoms with Gasteiger partial charge in [0.1, 0.15) is 18.1 Å². The maximum absolute atomic E-state index is 12.5. The summed E-state index contributed by atoms with van der Waals surface area (Å²) in [7, 11) is 3.20. The number of anilines is 1. The normalized spacial score (nSPS) is 17.7. The number of carbonyl (C=O) groups is 2. The second-order valence-corrected chi connectivity index (χ2v) is 8.31. The van der Waals surface area contributed by atoms with Crippen molar-refractivity contribution in [3.8, 4) is 5.75 Å². The summed E-state index contributed by atoms with van der Waals surface area (Å²) < 4.78 is 20.7. The molecule has 1 atom stereocenters. The maximum Gasteiger partial charge on any atom is 0.367 e. The molecule has 9 nitrogen and oxygen atoms in total. The largest absolute Gasteiger partial charge is 0.497 e. The van der Waals surface area contributed by atoms with Crippen molar-refractivity contribution < 1.29 is 33.4 Å². The molecule has 2 aromatic carbocycles. The van der Waals surface area contributed by atoms with Gasteiger partial charge in [0, 0.05) is 37.4 Å². The number of fused-ring (bicyclic) bond motifs is 1. The molecule has 2 aliphatic heterocycles. The Kier molecular flexibility index (Phi) is 8.70. The van der Waals surface area contributed by atoms with Crippen molar-refractivity contribution in [1.82, 2.24) is 0 Å². The maximum atomic E-state index is 12.5. The van der Waals surface area contributed by atoms with E-state index in [0.717, 1.165) is 16.8 Å². The van der Waals surface area contributed by atoms with Gasteiger partial charge in [-0.3, -0.25) is 4.79 Å². The van der Waals surface area contributed by atoms with Crippen LogP contribution in [-0.2, 0) is 28.6 Å². The summed E-state index contributed by atoms with van der Waals surface area (Å²) in [6.45, 7) is 2.65. The van der Waals surface area contributed by atoms with Crippen molar-refractivity contribution >= 4 is 23.3 Å². The van der Waals surface area contributed by atoms with Crippen LogP contribution in [0.4, 0.5) is 5.69 Å². The van der Waals surface area contributed by atoms with E-state index in [0.29, 0.717) is 49.9 Å². The van der Waals surface area contributed by atoms with Crippen molar-refractivity contribution in [1.29, 1.82) is 0 Å². The molecule has 1 unspecified atom stereocenters. The molecule has 0 spiro atoms. The van der Waals surface area contributed by atoms with Crippen molar-refractivity contribution in [2.45, 2.75) is 12.3 Å². The Balaban J connectivity index is 1.40. The van der Waals surface area contributed by atoms with Crippen LogP contribution in [0.25, 0.3) is 0 Å². The lowest BCUT2D eigenvalue weighted by Gasteiger charge is -2.19. The molecule has 0 fully saturated rings. The van der Waals surface area contributed by atoms with Gasteiger partial charge in [-0.15, -0.1) is 0 Å². The van der Waals surface area contributed by atoms with Crippen LogP contribution in [0, 0.1) is 0 Å². The predicted molar refractivity (Wildman–Crippen MR) is 133 cm³/mol. The Hall–Kier alpha value is -3.69. The molecule has 2 aromatic rings. The van der Waals surface area contributed by atoms with Crippen LogP contribution < -0.4 is 9.64 Å². The molecule has 0 aliphatic carbocycles. The number of carbonyl (C=O) groups excluding carboxylic acids is 2. The van der Waals surface area contributed by atoms with Crippen LogP contribution >= 0.6 is 0 Å². The minimum absolute atomic E-state index is 0.0597. The van der Waals surface area contributed by atoms with Gasteiger partial charge in [0.15, 0.2) is 0 Å². The lowest BCUT2D eigenvalue weighted by Crippen LogP contribution is -2.26. The van der Waals surface area contributed by atoms with E-state index < -0.39 is 5.97 Å².